The number of benzene rings is 2. The van der Waals surface area contributed by atoms with Gasteiger partial charge in [-0.15, -0.1) is 0 Å². The van der Waals surface area contributed by atoms with Crippen LogP contribution in [0.15, 0.2) is 42.5 Å². The Morgan fingerprint density at radius 1 is 0.922 bits per heavy atom. The van der Waals surface area contributed by atoms with Gasteiger partial charge in [0.25, 0.3) is 5.69 Å². The van der Waals surface area contributed by atoms with Crippen LogP contribution in [0.3, 0.4) is 0 Å². The Kier molecular flexibility index (Phi) is 15.8. The number of nitrogens with zero attached hydrogens (tertiary/aromatic N) is 1. The van der Waals surface area contributed by atoms with Crippen molar-refractivity contribution in [1.29, 1.82) is 0 Å². The van der Waals surface area contributed by atoms with Crippen molar-refractivity contribution in [3.05, 3.63) is 63.7 Å². The Morgan fingerprint density at radius 3 is 2.31 bits per heavy atom. The summed E-state index contributed by atoms with van der Waals surface area (Å²) in [6, 6.07) is 14.9. The highest BCUT2D eigenvalue weighted by atomic mass is 28.4. The smallest absolute Gasteiger partial charge is 0.482 e. The first kappa shape index (κ1) is 40.3. The van der Waals surface area contributed by atoms with Crippen molar-refractivity contribution < 1.29 is 37.9 Å². The molecule has 4 rings (SSSR count). The maximum absolute atomic E-state index is 13.0. The molecule has 1 saturated carbocycles. The lowest BCUT2D eigenvalue weighted by Crippen LogP contribution is -2.42. The lowest BCUT2D eigenvalue weighted by Gasteiger charge is -2.36. The third-order valence-electron chi connectivity index (χ3n) is 11.2. The molecule has 0 bridgehead atoms. The number of hydrogen-bond donors (Lipinski definition) is 0. The average molecular weight is 726 g/mol. The summed E-state index contributed by atoms with van der Waals surface area (Å²) in [4.78, 5) is 35.8. The largest absolute Gasteiger partial charge is 0.514 e. The molecule has 2 aliphatic carbocycles. The Morgan fingerprint density at radius 2 is 1.65 bits per heavy atom. The van der Waals surface area contributed by atoms with Gasteiger partial charge in [0, 0.05) is 18.2 Å². The standard InChI is InChI=1S/C40H59NO9Si/c1-6-11-13-16-32(48-40(43)49-33-20-18-31(19-21-33)41(44)45)22-23-34-35-25-29-15-14-17-37(47-28-39(42)46-24-12-7-2)36(29)26-30(35)27-38(34)50-51(8-3,9-4)10-5/h14-15,17-21,30,32,34-35,38H,6-13,16,22-28H2,1-5H3/t30?,32-,34+,35-,38+/m0/s1. The molecule has 1 unspecified atom stereocenters. The van der Waals surface area contributed by atoms with Gasteiger partial charge in [-0.3, -0.25) is 10.1 Å². The predicted molar refractivity (Wildman–Crippen MR) is 200 cm³/mol. The predicted octanol–water partition coefficient (Wildman–Crippen LogP) is 10.0. The zero-order valence-electron chi connectivity index (χ0n) is 31.4. The molecular weight excluding hydrogens is 667 g/mol. The Hall–Kier alpha value is -3.44. The van der Waals surface area contributed by atoms with Crippen molar-refractivity contribution in [3.63, 3.8) is 0 Å². The number of nitro groups is 1. The van der Waals surface area contributed by atoms with Crippen LogP contribution in [0.5, 0.6) is 11.5 Å². The zero-order valence-corrected chi connectivity index (χ0v) is 32.4. The van der Waals surface area contributed by atoms with Crippen LogP contribution in [0.25, 0.3) is 0 Å². The van der Waals surface area contributed by atoms with E-state index in [4.69, 9.17) is 23.4 Å². The second-order valence-corrected chi connectivity index (χ2v) is 19.0. The lowest BCUT2D eigenvalue weighted by atomic mass is 9.73. The third-order valence-corrected chi connectivity index (χ3v) is 15.9. The van der Waals surface area contributed by atoms with Gasteiger partial charge >= 0.3 is 12.1 Å². The highest BCUT2D eigenvalue weighted by molar-refractivity contribution is 6.73. The zero-order chi connectivity index (χ0) is 36.8. The summed E-state index contributed by atoms with van der Waals surface area (Å²) >= 11 is 0. The van der Waals surface area contributed by atoms with E-state index in [-0.39, 0.29) is 36.2 Å². The number of esters is 1. The van der Waals surface area contributed by atoms with Crippen LogP contribution < -0.4 is 9.47 Å². The number of rotatable bonds is 21. The minimum absolute atomic E-state index is 0.0716. The number of non-ortho nitro benzene ring substituents is 1. The first-order valence-corrected chi connectivity index (χ1v) is 21.9. The van der Waals surface area contributed by atoms with Gasteiger partial charge in [-0.2, -0.15) is 0 Å². The topological polar surface area (TPSA) is 123 Å². The number of nitro benzene ring substituents is 1. The normalized spacial score (nSPS) is 20.2. The van der Waals surface area contributed by atoms with Gasteiger partial charge < -0.3 is 23.4 Å². The molecule has 5 atom stereocenters. The molecule has 0 N–H and O–H groups in total. The minimum atomic E-state index is -1.91. The van der Waals surface area contributed by atoms with Gasteiger partial charge in [0.1, 0.15) is 17.6 Å². The van der Waals surface area contributed by atoms with Crippen molar-refractivity contribution in [1.82, 2.24) is 0 Å². The molecule has 0 heterocycles. The van der Waals surface area contributed by atoms with Gasteiger partial charge in [0.15, 0.2) is 14.9 Å². The molecule has 0 aromatic heterocycles. The van der Waals surface area contributed by atoms with Gasteiger partial charge in [0.05, 0.1) is 11.5 Å². The first-order valence-electron chi connectivity index (χ1n) is 19.4. The van der Waals surface area contributed by atoms with Gasteiger partial charge in [0.2, 0.25) is 0 Å². The van der Waals surface area contributed by atoms with Crippen LogP contribution in [-0.2, 0) is 31.5 Å². The van der Waals surface area contributed by atoms with E-state index < -0.39 is 19.4 Å². The second-order valence-electron chi connectivity index (χ2n) is 14.3. The van der Waals surface area contributed by atoms with E-state index in [0.29, 0.717) is 30.8 Å². The summed E-state index contributed by atoms with van der Waals surface area (Å²) in [5.41, 5.74) is 2.39. The summed E-state index contributed by atoms with van der Waals surface area (Å²) in [5.74, 6) is 1.82. The molecule has 11 heteroatoms. The molecule has 2 aromatic carbocycles. The third kappa shape index (κ3) is 11.3. The van der Waals surface area contributed by atoms with E-state index in [2.05, 4.69) is 40.7 Å². The SMILES string of the molecule is CCCCC[C@@H](CC[C@H]1[C@H](O[Si](CC)(CC)CC)CC2Cc3c(cccc3OCC(=O)OCCCC)C[C@@H]21)OC(=O)Oc1ccc([N+](=O)[O-])cc1. The number of carbonyl (C=O) groups excluding carboxylic acids is 2. The molecule has 10 nitrogen and oxygen atoms in total. The fourth-order valence-corrected chi connectivity index (χ4v) is 10.9. The summed E-state index contributed by atoms with van der Waals surface area (Å²) in [7, 11) is -1.91. The van der Waals surface area contributed by atoms with Crippen molar-refractivity contribution in [2.45, 2.75) is 136 Å². The summed E-state index contributed by atoms with van der Waals surface area (Å²) < 4.78 is 30.1. The molecule has 2 aromatic rings. The van der Waals surface area contributed by atoms with Crippen LogP contribution in [0.4, 0.5) is 10.5 Å². The Bertz CT molecular complexity index is 1400. The van der Waals surface area contributed by atoms with Crippen LogP contribution in [-0.4, -0.2) is 50.8 Å². The number of fused-ring (bicyclic) bond motifs is 2. The highest BCUT2D eigenvalue weighted by Crippen LogP contribution is 2.50. The van der Waals surface area contributed by atoms with Crippen molar-refractivity contribution in [3.8, 4) is 11.5 Å². The average Bonchev–Trinajstić information content (AvgIpc) is 3.46. The van der Waals surface area contributed by atoms with E-state index in [9.17, 15) is 19.7 Å². The summed E-state index contributed by atoms with van der Waals surface area (Å²) in [6.45, 7) is 11.4. The fourth-order valence-electron chi connectivity index (χ4n) is 8.03. The fraction of sp³-hybridized carbons (Fsp3) is 0.650. The molecule has 2 aliphatic rings. The Labute approximate surface area is 305 Å². The van der Waals surface area contributed by atoms with E-state index in [1.54, 1.807) is 0 Å². The summed E-state index contributed by atoms with van der Waals surface area (Å²) in [5, 5.41) is 11.0. The summed E-state index contributed by atoms with van der Waals surface area (Å²) in [6.07, 6.45) is 9.04. The van der Waals surface area contributed by atoms with Gasteiger partial charge in [-0.25, -0.2) is 9.59 Å². The maximum atomic E-state index is 13.0. The molecule has 0 radical (unpaired) electrons. The van der Waals surface area contributed by atoms with Gasteiger partial charge in [-0.1, -0.05) is 66.0 Å². The first-order chi connectivity index (χ1) is 24.6. The van der Waals surface area contributed by atoms with Gasteiger partial charge in [-0.05, 0) is 117 Å². The van der Waals surface area contributed by atoms with Crippen LogP contribution in [0.2, 0.25) is 18.1 Å². The number of ether oxygens (including phenoxy) is 4. The molecular formula is C40H59NO9Si. The number of hydrogen-bond acceptors (Lipinski definition) is 9. The van der Waals surface area contributed by atoms with Crippen molar-refractivity contribution in [2.24, 2.45) is 17.8 Å². The molecule has 0 aliphatic heterocycles. The van der Waals surface area contributed by atoms with Crippen LogP contribution >= 0.6 is 0 Å². The monoisotopic (exact) mass is 725 g/mol. The second kappa shape index (κ2) is 20.0. The van der Waals surface area contributed by atoms with Crippen LogP contribution in [0.1, 0.15) is 104 Å². The Balaban J connectivity index is 1.50. The number of carbonyl (C=O) groups is 2. The molecule has 0 saturated heterocycles. The van der Waals surface area contributed by atoms with Crippen molar-refractivity contribution in [2.75, 3.05) is 13.2 Å². The van der Waals surface area contributed by atoms with E-state index in [0.717, 1.165) is 88.1 Å². The molecule has 1 fully saturated rings. The molecule has 0 spiro atoms. The number of unbranched alkanes of at least 4 members (excludes halogenated alkanes) is 3. The highest BCUT2D eigenvalue weighted by Gasteiger charge is 2.48. The van der Waals surface area contributed by atoms with Crippen LogP contribution in [0, 0.1) is 27.9 Å². The molecule has 0 amide bonds. The molecule has 51 heavy (non-hydrogen) atoms. The van der Waals surface area contributed by atoms with E-state index in [1.165, 1.54) is 35.4 Å². The minimum Gasteiger partial charge on any atom is -0.482 e. The van der Waals surface area contributed by atoms with E-state index >= 15 is 0 Å². The van der Waals surface area contributed by atoms with E-state index in [1.807, 2.05) is 12.1 Å². The lowest BCUT2D eigenvalue weighted by molar-refractivity contribution is -0.384. The van der Waals surface area contributed by atoms with Crippen molar-refractivity contribution >= 4 is 26.1 Å². The molecule has 282 valence electrons. The maximum Gasteiger partial charge on any atom is 0.514 e. The quantitative estimate of drug-likeness (QED) is 0.0309.